The molecule has 0 spiro atoms. The Hall–Kier alpha value is -1.55. The zero-order valence-electron chi connectivity index (χ0n) is 11.6. The number of para-hydroxylation sites is 1. The van der Waals surface area contributed by atoms with Gasteiger partial charge in [-0.3, -0.25) is 4.79 Å². The van der Waals surface area contributed by atoms with Crippen molar-refractivity contribution < 1.29 is 9.53 Å². The molecule has 1 heterocycles. The van der Waals surface area contributed by atoms with Gasteiger partial charge >= 0.3 is 0 Å². The predicted molar refractivity (Wildman–Crippen MR) is 75.3 cm³/mol. The number of hydrogen-bond acceptors (Lipinski definition) is 3. The maximum Gasteiger partial charge on any atom is 0.221 e. The zero-order valence-corrected chi connectivity index (χ0v) is 11.6. The van der Waals surface area contributed by atoms with Crippen LogP contribution in [-0.4, -0.2) is 31.1 Å². The van der Waals surface area contributed by atoms with Crippen molar-refractivity contribution in [2.45, 2.75) is 38.8 Å². The van der Waals surface area contributed by atoms with E-state index in [1.807, 2.05) is 32.0 Å². The summed E-state index contributed by atoms with van der Waals surface area (Å²) in [4.78, 5) is 11.4. The number of carbonyl (C=O) groups excluding carboxylic acids is 1. The molecule has 2 rings (SSSR count). The van der Waals surface area contributed by atoms with Crippen LogP contribution in [0.5, 0.6) is 5.75 Å². The third kappa shape index (κ3) is 4.24. The lowest BCUT2D eigenvalue weighted by Crippen LogP contribution is -2.35. The second kappa shape index (κ2) is 6.57. The SMILES string of the molecule is CC(C)NC(=O)CCNCC1Cc2ccccc2O1. The molecule has 19 heavy (non-hydrogen) atoms. The van der Waals surface area contributed by atoms with Crippen molar-refractivity contribution in [1.29, 1.82) is 0 Å². The van der Waals surface area contributed by atoms with Crippen LogP contribution in [0.4, 0.5) is 0 Å². The van der Waals surface area contributed by atoms with Gasteiger partial charge in [0.15, 0.2) is 0 Å². The van der Waals surface area contributed by atoms with Crippen molar-refractivity contribution >= 4 is 5.91 Å². The van der Waals surface area contributed by atoms with Crippen molar-refractivity contribution in [2.24, 2.45) is 0 Å². The number of amides is 1. The van der Waals surface area contributed by atoms with E-state index >= 15 is 0 Å². The predicted octanol–water partition coefficient (Wildman–Crippen LogP) is 1.49. The van der Waals surface area contributed by atoms with E-state index in [0.29, 0.717) is 13.0 Å². The van der Waals surface area contributed by atoms with Crippen LogP contribution in [0.25, 0.3) is 0 Å². The molecule has 1 aliphatic heterocycles. The molecule has 2 N–H and O–H groups in total. The van der Waals surface area contributed by atoms with E-state index in [0.717, 1.165) is 18.7 Å². The van der Waals surface area contributed by atoms with E-state index in [1.165, 1.54) is 5.56 Å². The topological polar surface area (TPSA) is 50.4 Å². The molecule has 1 aliphatic rings. The molecule has 4 nitrogen and oxygen atoms in total. The molecule has 4 heteroatoms. The second-order valence-corrected chi connectivity index (χ2v) is 5.23. The average Bonchev–Trinajstić information content (AvgIpc) is 2.76. The normalized spacial score (nSPS) is 17.1. The Morgan fingerprint density at radius 2 is 2.21 bits per heavy atom. The maximum atomic E-state index is 11.4. The second-order valence-electron chi connectivity index (χ2n) is 5.23. The molecule has 0 aliphatic carbocycles. The minimum Gasteiger partial charge on any atom is -0.488 e. The minimum atomic E-state index is 0.0955. The summed E-state index contributed by atoms with van der Waals surface area (Å²) < 4.78 is 5.82. The summed E-state index contributed by atoms with van der Waals surface area (Å²) in [6, 6.07) is 8.34. The maximum absolute atomic E-state index is 11.4. The van der Waals surface area contributed by atoms with Crippen LogP contribution >= 0.6 is 0 Å². The molecule has 0 radical (unpaired) electrons. The van der Waals surface area contributed by atoms with E-state index in [9.17, 15) is 4.79 Å². The molecule has 0 saturated carbocycles. The van der Waals surface area contributed by atoms with E-state index in [1.54, 1.807) is 0 Å². The largest absolute Gasteiger partial charge is 0.488 e. The Labute approximate surface area is 114 Å². The summed E-state index contributed by atoms with van der Waals surface area (Å²) in [7, 11) is 0. The minimum absolute atomic E-state index is 0.0955. The van der Waals surface area contributed by atoms with Gasteiger partial charge in [0.05, 0.1) is 0 Å². The number of fused-ring (bicyclic) bond motifs is 1. The van der Waals surface area contributed by atoms with E-state index in [-0.39, 0.29) is 18.1 Å². The lowest BCUT2D eigenvalue weighted by atomic mass is 10.1. The summed E-state index contributed by atoms with van der Waals surface area (Å²) in [6.07, 6.45) is 1.64. The van der Waals surface area contributed by atoms with Gasteiger partial charge in [-0.2, -0.15) is 0 Å². The quantitative estimate of drug-likeness (QED) is 0.764. The van der Waals surface area contributed by atoms with E-state index < -0.39 is 0 Å². The molecule has 0 fully saturated rings. The van der Waals surface area contributed by atoms with Crippen LogP contribution in [0.2, 0.25) is 0 Å². The van der Waals surface area contributed by atoms with Crippen LogP contribution in [0.15, 0.2) is 24.3 Å². The van der Waals surface area contributed by atoms with Crippen LogP contribution in [0.1, 0.15) is 25.8 Å². The molecular weight excluding hydrogens is 240 g/mol. The first-order chi connectivity index (χ1) is 9.15. The van der Waals surface area contributed by atoms with Gasteiger partial charge in [0, 0.05) is 32.0 Å². The van der Waals surface area contributed by atoms with Crippen molar-refractivity contribution in [3.8, 4) is 5.75 Å². The number of carbonyl (C=O) groups is 1. The molecule has 0 aromatic heterocycles. The summed E-state index contributed by atoms with van der Waals surface area (Å²) in [5.41, 5.74) is 1.27. The molecule has 104 valence electrons. The van der Waals surface area contributed by atoms with Crippen molar-refractivity contribution in [3.63, 3.8) is 0 Å². The number of hydrogen-bond donors (Lipinski definition) is 2. The van der Waals surface area contributed by atoms with Gasteiger partial charge in [-0.25, -0.2) is 0 Å². The number of rotatable bonds is 6. The summed E-state index contributed by atoms with van der Waals surface area (Å²) in [6.45, 7) is 5.40. The molecule has 0 saturated heterocycles. The van der Waals surface area contributed by atoms with Crippen molar-refractivity contribution in [2.75, 3.05) is 13.1 Å². The monoisotopic (exact) mass is 262 g/mol. The first-order valence-electron chi connectivity index (χ1n) is 6.90. The van der Waals surface area contributed by atoms with Gasteiger partial charge in [0.2, 0.25) is 5.91 Å². The highest BCUT2D eigenvalue weighted by atomic mass is 16.5. The van der Waals surface area contributed by atoms with Gasteiger partial charge < -0.3 is 15.4 Å². The van der Waals surface area contributed by atoms with Gasteiger partial charge in [0.1, 0.15) is 11.9 Å². The highest BCUT2D eigenvalue weighted by Gasteiger charge is 2.21. The Bertz CT molecular complexity index is 407. The van der Waals surface area contributed by atoms with Crippen LogP contribution in [0.3, 0.4) is 0 Å². The lowest BCUT2D eigenvalue weighted by molar-refractivity contribution is -0.121. The van der Waals surface area contributed by atoms with E-state index in [4.69, 9.17) is 4.74 Å². The first-order valence-corrected chi connectivity index (χ1v) is 6.90. The number of ether oxygens (including phenoxy) is 1. The van der Waals surface area contributed by atoms with Crippen LogP contribution < -0.4 is 15.4 Å². The highest BCUT2D eigenvalue weighted by molar-refractivity contribution is 5.76. The lowest BCUT2D eigenvalue weighted by Gasteiger charge is -2.12. The highest BCUT2D eigenvalue weighted by Crippen LogP contribution is 2.27. The Morgan fingerprint density at radius 3 is 2.95 bits per heavy atom. The molecule has 1 unspecified atom stereocenters. The van der Waals surface area contributed by atoms with Crippen molar-refractivity contribution in [1.82, 2.24) is 10.6 Å². The fourth-order valence-corrected chi connectivity index (χ4v) is 2.23. The Balaban J connectivity index is 1.62. The Kier molecular flexibility index (Phi) is 4.80. The van der Waals surface area contributed by atoms with Crippen LogP contribution in [-0.2, 0) is 11.2 Å². The Morgan fingerprint density at radius 1 is 1.42 bits per heavy atom. The number of benzene rings is 1. The summed E-state index contributed by atoms with van der Waals surface area (Å²) >= 11 is 0. The molecule has 1 atom stereocenters. The molecule has 1 amide bonds. The molecular formula is C15H22N2O2. The van der Waals surface area contributed by atoms with Gasteiger partial charge in [-0.1, -0.05) is 18.2 Å². The summed E-state index contributed by atoms with van der Waals surface area (Å²) in [5, 5.41) is 6.16. The molecule has 0 bridgehead atoms. The average molecular weight is 262 g/mol. The smallest absolute Gasteiger partial charge is 0.221 e. The first kappa shape index (κ1) is 13.9. The standard InChI is InChI=1S/C15H22N2O2/c1-11(2)17-15(18)7-8-16-10-13-9-12-5-3-4-6-14(12)19-13/h3-6,11,13,16H,7-10H2,1-2H3,(H,17,18). The van der Waals surface area contributed by atoms with Crippen LogP contribution in [0, 0.1) is 0 Å². The third-order valence-corrected chi connectivity index (χ3v) is 3.06. The van der Waals surface area contributed by atoms with E-state index in [2.05, 4.69) is 16.7 Å². The zero-order chi connectivity index (χ0) is 13.7. The molecule has 1 aromatic carbocycles. The van der Waals surface area contributed by atoms with Gasteiger partial charge in [-0.15, -0.1) is 0 Å². The van der Waals surface area contributed by atoms with Gasteiger partial charge in [0.25, 0.3) is 0 Å². The fourth-order valence-electron chi connectivity index (χ4n) is 2.23. The fraction of sp³-hybridized carbons (Fsp3) is 0.533. The van der Waals surface area contributed by atoms with Gasteiger partial charge in [-0.05, 0) is 25.5 Å². The van der Waals surface area contributed by atoms with Crippen molar-refractivity contribution in [3.05, 3.63) is 29.8 Å². The molecule has 1 aromatic rings. The summed E-state index contributed by atoms with van der Waals surface area (Å²) in [5.74, 6) is 1.09. The number of nitrogens with one attached hydrogen (secondary N) is 2. The third-order valence-electron chi connectivity index (χ3n) is 3.06.